The van der Waals surface area contributed by atoms with Gasteiger partial charge in [-0.3, -0.25) is 4.79 Å². The molecule has 0 atom stereocenters. The van der Waals surface area contributed by atoms with Crippen LogP contribution in [0.5, 0.6) is 5.75 Å². The van der Waals surface area contributed by atoms with Gasteiger partial charge >= 0.3 is 6.16 Å². The monoisotopic (exact) mass is 365 g/mol. The minimum Gasteiger partial charge on any atom is -0.497 e. The molecular formula is C20H31NO5. The number of ether oxygens (including phenoxy) is 1. The van der Waals surface area contributed by atoms with Gasteiger partial charge in [-0.05, 0) is 74.3 Å². The molecular weight excluding hydrogens is 334 g/mol. The Balaban J connectivity index is 0.000000765. The number of hydrogen-bond acceptors (Lipinski definition) is 3. The summed E-state index contributed by atoms with van der Waals surface area (Å²) >= 11 is 0. The van der Waals surface area contributed by atoms with Gasteiger partial charge in [-0.15, -0.1) is 0 Å². The van der Waals surface area contributed by atoms with Gasteiger partial charge in [0.15, 0.2) is 0 Å². The highest BCUT2D eigenvalue weighted by Crippen LogP contribution is 2.27. The SMILES string of the molecule is CCC1CCC(NC(=O)Cc2c(C)cc(OC)cc2C)CC1.O=C(O)O. The zero-order valence-electron chi connectivity index (χ0n) is 16.2. The van der Waals surface area contributed by atoms with Crippen LogP contribution in [0.3, 0.4) is 0 Å². The lowest BCUT2D eigenvalue weighted by Crippen LogP contribution is -2.38. The van der Waals surface area contributed by atoms with Gasteiger partial charge in [0.05, 0.1) is 13.5 Å². The Labute approximate surface area is 155 Å². The molecule has 1 aromatic carbocycles. The summed E-state index contributed by atoms with van der Waals surface area (Å²) < 4.78 is 5.28. The third-order valence-electron chi connectivity index (χ3n) is 5.03. The van der Waals surface area contributed by atoms with Gasteiger partial charge in [0.2, 0.25) is 5.91 Å². The average molecular weight is 365 g/mol. The van der Waals surface area contributed by atoms with Crippen LogP contribution in [-0.4, -0.2) is 35.4 Å². The van der Waals surface area contributed by atoms with E-state index in [0.29, 0.717) is 12.5 Å². The maximum Gasteiger partial charge on any atom is 0.503 e. The number of carbonyl (C=O) groups excluding carboxylic acids is 1. The number of carbonyl (C=O) groups is 2. The topological polar surface area (TPSA) is 95.9 Å². The molecule has 0 spiro atoms. The van der Waals surface area contributed by atoms with Crippen LogP contribution in [0.15, 0.2) is 12.1 Å². The van der Waals surface area contributed by atoms with Crippen molar-refractivity contribution in [2.75, 3.05) is 7.11 Å². The first-order valence-corrected chi connectivity index (χ1v) is 9.12. The van der Waals surface area contributed by atoms with Crippen LogP contribution in [0.4, 0.5) is 4.79 Å². The second-order valence-electron chi connectivity index (χ2n) is 6.89. The molecule has 1 saturated carbocycles. The second kappa shape index (κ2) is 10.7. The smallest absolute Gasteiger partial charge is 0.497 e. The summed E-state index contributed by atoms with van der Waals surface area (Å²) in [6.07, 6.45) is 4.67. The fraction of sp³-hybridized carbons (Fsp3) is 0.600. The molecule has 2 rings (SSSR count). The molecule has 0 saturated heterocycles. The Morgan fingerprint density at radius 2 is 1.62 bits per heavy atom. The van der Waals surface area contributed by atoms with Gasteiger partial charge in [0, 0.05) is 6.04 Å². The molecule has 0 radical (unpaired) electrons. The van der Waals surface area contributed by atoms with Crippen molar-refractivity contribution in [1.82, 2.24) is 5.32 Å². The van der Waals surface area contributed by atoms with Gasteiger partial charge in [0.25, 0.3) is 0 Å². The Morgan fingerprint density at radius 1 is 1.12 bits per heavy atom. The van der Waals surface area contributed by atoms with Gasteiger partial charge in [-0.2, -0.15) is 0 Å². The van der Waals surface area contributed by atoms with Crippen LogP contribution in [0.2, 0.25) is 0 Å². The first kappa shape index (κ1) is 21.8. The maximum absolute atomic E-state index is 12.3. The number of amides is 1. The molecule has 1 aliphatic carbocycles. The lowest BCUT2D eigenvalue weighted by atomic mass is 9.84. The van der Waals surface area contributed by atoms with E-state index in [1.165, 1.54) is 19.3 Å². The predicted molar refractivity (Wildman–Crippen MR) is 101 cm³/mol. The Bertz CT molecular complexity index is 579. The largest absolute Gasteiger partial charge is 0.503 e. The van der Waals surface area contributed by atoms with Crippen molar-refractivity contribution in [1.29, 1.82) is 0 Å². The second-order valence-corrected chi connectivity index (χ2v) is 6.89. The van der Waals surface area contributed by atoms with Crippen molar-refractivity contribution < 1.29 is 24.5 Å². The molecule has 0 aliphatic heterocycles. The normalized spacial score (nSPS) is 19.1. The van der Waals surface area contributed by atoms with Gasteiger partial charge in [-0.1, -0.05) is 13.3 Å². The van der Waals surface area contributed by atoms with E-state index in [1.807, 2.05) is 26.0 Å². The quantitative estimate of drug-likeness (QED) is 0.728. The Morgan fingerprint density at radius 3 is 2.04 bits per heavy atom. The highest BCUT2D eigenvalue weighted by Gasteiger charge is 2.21. The summed E-state index contributed by atoms with van der Waals surface area (Å²) in [7, 11) is 1.67. The van der Waals surface area contributed by atoms with E-state index < -0.39 is 6.16 Å². The summed E-state index contributed by atoms with van der Waals surface area (Å²) in [6.45, 7) is 6.36. The highest BCUT2D eigenvalue weighted by molar-refractivity contribution is 5.79. The van der Waals surface area contributed by atoms with Crippen LogP contribution in [0, 0.1) is 19.8 Å². The molecule has 26 heavy (non-hydrogen) atoms. The minimum atomic E-state index is -1.83. The lowest BCUT2D eigenvalue weighted by molar-refractivity contribution is -0.121. The maximum atomic E-state index is 12.3. The Kier molecular flexibility index (Phi) is 8.96. The third-order valence-corrected chi connectivity index (χ3v) is 5.03. The third kappa shape index (κ3) is 7.33. The molecule has 0 unspecified atom stereocenters. The fourth-order valence-electron chi connectivity index (χ4n) is 3.50. The number of aryl methyl sites for hydroxylation is 2. The van der Waals surface area contributed by atoms with Crippen LogP contribution < -0.4 is 10.1 Å². The molecule has 0 heterocycles. The first-order chi connectivity index (χ1) is 12.3. The van der Waals surface area contributed by atoms with Crippen LogP contribution in [0.1, 0.15) is 55.7 Å². The lowest BCUT2D eigenvalue weighted by Gasteiger charge is -2.28. The van der Waals surface area contributed by atoms with E-state index in [9.17, 15) is 4.79 Å². The first-order valence-electron chi connectivity index (χ1n) is 9.12. The van der Waals surface area contributed by atoms with Crippen molar-refractivity contribution in [3.05, 3.63) is 28.8 Å². The number of hydrogen-bond donors (Lipinski definition) is 3. The molecule has 0 aromatic heterocycles. The van der Waals surface area contributed by atoms with E-state index in [2.05, 4.69) is 12.2 Å². The summed E-state index contributed by atoms with van der Waals surface area (Å²) in [5, 5.41) is 17.2. The van der Waals surface area contributed by atoms with Crippen molar-refractivity contribution in [3.8, 4) is 5.75 Å². The van der Waals surface area contributed by atoms with Crippen LogP contribution >= 0.6 is 0 Å². The van der Waals surface area contributed by atoms with E-state index in [1.54, 1.807) is 7.11 Å². The van der Waals surface area contributed by atoms with Crippen LogP contribution in [0.25, 0.3) is 0 Å². The molecule has 1 aliphatic rings. The summed E-state index contributed by atoms with van der Waals surface area (Å²) in [5.74, 6) is 1.87. The van der Waals surface area contributed by atoms with Crippen LogP contribution in [-0.2, 0) is 11.2 Å². The molecule has 3 N–H and O–H groups in total. The van der Waals surface area contributed by atoms with Crippen molar-refractivity contribution in [2.45, 2.75) is 65.3 Å². The fourth-order valence-corrected chi connectivity index (χ4v) is 3.50. The van der Waals surface area contributed by atoms with E-state index in [4.69, 9.17) is 19.7 Å². The molecule has 1 aromatic rings. The summed E-state index contributed by atoms with van der Waals surface area (Å²) in [6, 6.07) is 4.37. The standard InChI is InChI=1S/C19H29NO2.CH2O3/c1-5-15-6-8-16(9-7-15)20-19(21)12-18-13(2)10-17(22-4)11-14(18)3;2-1(3)4/h10-11,15-16H,5-9,12H2,1-4H3,(H,20,21);(H2,2,3,4). The Hall–Kier alpha value is -2.24. The summed E-state index contributed by atoms with van der Waals surface area (Å²) in [4.78, 5) is 20.9. The molecule has 146 valence electrons. The highest BCUT2D eigenvalue weighted by atomic mass is 16.6. The number of nitrogens with one attached hydrogen (secondary N) is 1. The predicted octanol–water partition coefficient (Wildman–Crippen LogP) is 4.16. The number of benzene rings is 1. The van der Waals surface area contributed by atoms with Gasteiger partial charge < -0.3 is 20.3 Å². The van der Waals surface area contributed by atoms with E-state index in [0.717, 1.165) is 41.2 Å². The number of methoxy groups -OCH3 is 1. The molecule has 6 heteroatoms. The zero-order chi connectivity index (χ0) is 19.7. The molecule has 1 amide bonds. The molecule has 0 bridgehead atoms. The number of rotatable bonds is 5. The van der Waals surface area contributed by atoms with Crippen molar-refractivity contribution in [3.63, 3.8) is 0 Å². The van der Waals surface area contributed by atoms with Crippen molar-refractivity contribution >= 4 is 12.1 Å². The van der Waals surface area contributed by atoms with Crippen molar-refractivity contribution in [2.24, 2.45) is 5.92 Å². The average Bonchev–Trinajstić information content (AvgIpc) is 2.58. The van der Waals surface area contributed by atoms with E-state index >= 15 is 0 Å². The minimum absolute atomic E-state index is 0.149. The zero-order valence-corrected chi connectivity index (χ0v) is 16.2. The number of carboxylic acid groups (broad SMARTS) is 2. The van der Waals surface area contributed by atoms with E-state index in [-0.39, 0.29) is 5.91 Å². The van der Waals surface area contributed by atoms with Gasteiger partial charge in [-0.25, -0.2) is 4.79 Å². The van der Waals surface area contributed by atoms with Gasteiger partial charge in [0.1, 0.15) is 5.75 Å². The molecule has 6 nitrogen and oxygen atoms in total. The summed E-state index contributed by atoms with van der Waals surface area (Å²) in [5.41, 5.74) is 3.38. The molecule has 1 fully saturated rings.